The molecule has 1 aliphatic rings. The van der Waals surface area contributed by atoms with E-state index in [1.807, 2.05) is 11.3 Å². The van der Waals surface area contributed by atoms with Gasteiger partial charge in [0.15, 0.2) is 0 Å². The van der Waals surface area contributed by atoms with Gasteiger partial charge < -0.3 is 5.73 Å². The fourth-order valence-electron chi connectivity index (χ4n) is 1.73. The van der Waals surface area contributed by atoms with Crippen molar-refractivity contribution in [1.29, 1.82) is 0 Å². The number of rotatable bonds is 3. The summed E-state index contributed by atoms with van der Waals surface area (Å²) in [6.45, 7) is 0.716. The van der Waals surface area contributed by atoms with E-state index < -0.39 is 0 Å². The molecule has 14 heavy (non-hydrogen) atoms. The molecule has 1 fully saturated rings. The van der Waals surface area contributed by atoms with E-state index in [9.17, 15) is 0 Å². The van der Waals surface area contributed by atoms with Gasteiger partial charge in [-0.25, -0.2) is 4.98 Å². The standard InChI is InChI=1S/C10H16N2S2/c11-4-1-10-12-7-9(14-10)8-2-5-13-6-3-8/h7-8H,1-6,11H2. The zero-order chi connectivity index (χ0) is 9.80. The maximum atomic E-state index is 5.51. The van der Waals surface area contributed by atoms with E-state index in [1.54, 1.807) is 0 Å². The Balaban J connectivity index is 2.00. The molecule has 1 aliphatic heterocycles. The zero-order valence-corrected chi connectivity index (χ0v) is 9.87. The van der Waals surface area contributed by atoms with E-state index in [4.69, 9.17) is 5.73 Å². The first-order valence-corrected chi connectivity index (χ1v) is 7.09. The molecule has 0 radical (unpaired) electrons. The smallest absolute Gasteiger partial charge is 0.0940 e. The van der Waals surface area contributed by atoms with Gasteiger partial charge in [0.05, 0.1) is 5.01 Å². The first kappa shape index (κ1) is 10.5. The molecule has 2 N–H and O–H groups in total. The van der Waals surface area contributed by atoms with Crippen LogP contribution in [0.25, 0.3) is 0 Å². The summed E-state index contributed by atoms with van der Waals surface area (Å²) in [6.07, 6.45) is 5.66. The number of nitrogens with two attached hydrogens (primary N) is 1. The lowest BCUT2D eigenvalue weighted by Crippen LogP contribution is -2.06. The average molecular weight is 228 g/mol. The molecule has 2 rings (SSSR count). The highest BCUT2D eigenvalue weighted by Crippen LogP contribution is 2.34. The van der Waals surface area contributed by atoms with Crippen LogP contribution in [0.4, 0.5) is 0 Å². The highest BCUT2D eigenvalue weighted by Gasteiger charge is 2.17. The third-order valence-corrected chi connectivity index (χ3v) is 4.82. The minimum absolute atomic E-state index is 0.716. The Morgan fingerprint density at radius 2 is 2.21 bits per heavy atom. The van der Waals surface area contributed by atoms with E-state index in [2.05, 4.69) is 22.9 Å². The third kappa shape index (κ3) is 2.49. The van der Waals surface area contributed by atoms with Crippen LogP contribution in [0.3, 0.4) is 0 Å². The maximum Gasteiger partial charge on any atom is 0.0940 e. The van der Waals surface area contributed by atoms with Crippen LogP contribution >= 0.6 is 23.1 Å². The van der Waals surface area contributed by atoms with Crippen molar-refractivity contribution in [3.63, 3.8) is 0 Å². The first-order chi connectivity index (χ1) is 6.90. The monoisotopic (exact) mass is 228 g/mol. The number of hydrogen-bond acceptors (Lipinski definition) is 4. The van der Waals surface area contributed by atoms with Crippen LogP contribution < -0.4 is 5.73 Å². The molecular weight excluding hydrogens is 212 g/mol. The Hall–Kier alpha value is -0.0600. The van der Waals surface area contributed by atoms with Crippen molar-refractivity contribution in [2.75, 3.05) is 18.1 Å². The SMILES string of the molecule is NCCc1ncc(C2CCSCC2)s1. The first-order valence-electron chi connectivity index (χ1n) is 5.12. The van der Waals surface area contributed by atoms with Gasteiger partial charge in [0.2, 0.25) is 0 Å². The van der Waals surface area contributed by atoms with Gasteiger partial charge in [-0.3, -0.25) is 0 Å². The second-order valence-electron chi connectivity index (χ2n) is 3.58. The lowest BCUT2D eigenvalue weighted by atomic mass is 10.0. The molecule has 1 saturated heterocycles. The second-order valence-corrected chi connectivity index (χ2v) is 5.95. The molecule has 78 valence electrons. The Bertz CT molecular complexity index is 279. The molecular formula is C10H16N2S2. The number of nitrogens with zero attached hydrogens (tertiary/aromatic N) is 1. The van der Waals surface area contributed by atoms with E-state index in [0.717, 1.165) is 12.3 Å². The summed E-state index contributed by atoms with van der Waals surface area (Å²) in [7, 11) is 0. The predicted molar refractivity (Wildman–Crippen MR) is 64.2 cm³/mol. The summed E-state index contributed by atoms with van der Waals surface area (Å²) >= 11 is 3.94. The molecule has 1 aromatic heterocycles. The van der Waals surface area contributed by atoms with Gasteiger partial charge in [-0.05, 0) is 36.8 Å². The van der Waals surface area contributed by atoms with Gasteiger partial charge in [0.1, 0.15) is 0 Å². The largest absolute Gasteiger partial charge is 0.330 e. The number of aromatic nitrogens is 1. The molecule has 0 bridgehead atoms. The van der Waals surface area contributed by atoms with Crippen LogP contribution in [0.2, 0.25) is 0 Å². The van der Waals surface area contributed by atoms with Crippen LogP contribution in [0.5, 0.6) is 0 Å². The fraction of sp³-hybridized carbons (Fsp3) is 0.700. The summed E-state index contributed by atoms with van der Waals surface area (Å²) in [5, 5.41) is 1.21. The van der Waals surface area contributed by atoms with Gasteiger partial charge in [0.25, 0.3) is 0 Å². The highest BCUT2D eigenvalue weighted by atomic mass is 32.2. The Kier molecular flexibility index (Phi) is 3.84. The second kappa shape index (κ2) is 5.14. The summed E-state index contributed by atoms with van der Waals surface area (Å²) in [6, 6.07) is 0. The van der Waals surface area contributed by atoms with Gasteiger partial charge in [0, 0.05) is 17.5 Å². The van der Waals surface area contributed by atoms with Crippen molar-refractivity contribution >= 4 is 23.1 Å². The molecule has 0 unspecified atom stereocenters. The minimum atomic E-state index is 0.716. The van der Waals surface area contributed by atoms with Crippen molar-refractivity contribution in [3.05, 3.63) is 16.1 Å². The predicted octanol–water partition coefficient (Wildman–Crippen LogP) is 2.25. The van der Waals surface area contributed by atoms with Crippen molar-refractivity contribution < 1.29 is 0 Å². The molecule has 2 heterocycles. The molecule has 0 spiro atoms. The zero-order valence-electron chi connectivity index (χ0n) is 8.24. The lowest BCUT2D eigenvalue weighted by molar-refractivity contribution is 0.647. The molecule has 0 aromatic carbocycles. The van der Waals surface area contributed by atoms with E-state index in [1.165, 1.54) is 34.2 Å². The van der Waals surface area contributed by atoms with Gasteiger partial charge in [-0.15, -0.1) is 11.3 Å². The average Bonchev–Trinajstić information content (AvgIpc) is 2.68. The highest BCUT2D eigenvalue weighted by molar-refractivity contribution is 7.99. The number of hydrogen-bond donors (Lipinski definition) is 1. The summed E-state index contributed by atoms with van der Waals surface area (Å²) in [5.41, 5.74) is 5.51. The van der Waals surface area contributed by atoms with Crippen molar-refractivity contribution in [2.45, 2.75) is 25.2 Å². The summed E-state index contributed by atoms with van der Waals surface area (Å²) in [4.78, 5) is 5.89. The van der Waals surface area contributed by atoms with E-state index in [0.29, 0.717) is 6.54 Å². The molecule has 0 amide bonds. The maximum absolute atomic E-state index is 5.51. The molecule has 0 saturated carbocycles. The van der Waals surface area contributed by atoms with Crippen LogP contribution in [-0.4, -0.2) is 23.0 Å². The summed E-state index contributed by atoms with van der Waals surface area (Å²) < 4.78 is 0. The molecule has 0 aliphatic carbocycles. The Morgan fingerprint density at radius 3 is 2.93 bits per heavy atom. The normalized spacial score (nSPS) is 18.6. The van der Waals surface area contributed by atoms with Gasteiger partial charge in [-0.2, -0.15) is 11.8 Å². The third-order valence-electron chi connectivity index (χ3n) is 2.55. The quantitative estimate of drug-likeness (QED) is 0.862. The summed E-state index contributed by atoms with van der Waals surface area (Å²) in [5.74, 6) is 3.41. The van der Waals surface area contributed by atoms with Crippen LogP contribution in [0.15, 0.2) is 6.20 Å². The minimum Gasteiger partial charge on any atom is -0.330 e. The van der Waals surface area contributed by atoms with Crippen LogP contribution in [0, 0.1) is 0 Å². The van der Waals surface area contributed by atoms with Gasteiger partial charge in [-0.1, -0.05) is 0 Å². The molecule has 4 heteroatoms. The molecule has 2 nitrogen and oxygen atoms in total. The fourth-order valence-corrected chi connectivity index (χ4v) is 3.95. The lowest BCUT2D eigenvalue weighted by Gasteiger charge is -2.19. The van der Waals surface area contributed by atoms with Crippen LogP contribution in [0.1, 0.15) is 28.6 Å². The number of thioether (sulfide) groups is 1. The molecule has 1 aromatic rings. The number of thiazole rings is 1. The van der Waals surface area contributed by atoms with Crippen LogP contribution in [-0.2, 0) is 6.42 Å². The van der Waals surface area contributed by atoms with Crippen molar-refractivity contribution in [1.82, 2.24) is 4.98 Å². The Morgan fingerprint density at radius 1 is 1.43 bits per heavy atom. The van der Waals surface area contributed by atoms with E-state index in [-0.39, 0.29) is 0 Å². The Labute approximate surface area is 93.3 Å². The topological polar surface area (TPSA) is 38.9 Å². The van der Waals surface area contributed by atoms with Gasteiger partial charge >= 0.3 is 0 Å². The molecule has 0 atom stereocenters. The van der Waals surface area contributed by atoms with E-state index >= 15 is 0 Å². The van der Waals surface area contributed by atoms with Crippen molar-refractivity contribution in [3.8, 4) is 0 Å². The van der Waals surface area contributed by atoms with Crippen molar-refractivity contribution in [2.24, 2.45) is 5.73 Å².